The zero-order chi connectivity index (χ0) is 25.8. The number of halogens is 1. The summed E-state index contributed by atoms with van der Waals surface area (Å²) in [4.78, 5) is 39.8. The number of hydrogen-bond acceptors (Lipinski definition) is 8. The number of amides is 2. The molecule has 37 heavy (non-hydrogen) atoms. The van der Waals surface area contributed by atoms with E-state index in [0.717, 1.165) is 38.0 Å². The van der Waals surface area contributed by atoms with Crippen molar-refractivity contribution in [3.8, 4) is 17.4 Å². The number of likely N-dealkylation sites (tertiary alicyclic amines) is 1. The van der Waals surface area contributed by atoms with Gasteiger partial charge in [-0.1, -0.05) is 11.6 Å². The van der Waals surface area contributed by atoms with Gasteiger partial charge in [-0.2, -0.15) is 0 Å². The van der Waals surface area contributed by atoms with E-state index in [1.165, 1.54) is 18.5 Å². The molecule has 0 spiro atoms. The van der Waals surface area contributed by atoms with Gasteiger partial charge >= 0.3 is 0 Å². The summed E-state index contributed by atoms with van der Waals surface area (Å²) < 4.78 is 17.5. The molecule has 0 saturated carbocycles. The predicted octanol–water partition coefficient (Wildman–Crippen LogP) is 4.28. The van der Waals surface area contributed by atoms with E-state index in [-0.39, 0.29) is 22.9 Å². The number of nitrogens with zero attached hydrogens (tertiary/aromatic N) is 4. The van der Waals surface area contributed by atoms with E-state index in [1.807, 2.05) is 6.92 Å². The third-order valence-electron chi connectivity index (χ3n) is 6.05. The SMILES string of the molecule is Cc1cnc(NC(=O)c2cc(Oc3ncc(C(=O)N4CCC4)cc3Cl)cc(OC3CCOCC3)c2)cn1. The van der Waals surface area contributed by atoms with Gasteiger partial charge in [-0.25, -0.2) is 9.97 Å². The molecule has 0 aliphatic carbocycles. The van der Waals surface area contributed by atoms with E-state index in [2.05, 4.69) is 20.3 Å². The standard InChI is InChI=1S/C26H26ClN5O5/c1-16-13-29-23(15-28-16)31-24(33)17-9-20(36-19-3-7-35-8-4-19)12-21(10-17)37-25-22(27)11-18(14-30-25)26(34)32-5-2-6-32/h9-15,19H,2-8H2,1H3,(H,29,31,33). The molecule has 0 atom stereocenters. The highest BCUT2D eigenvalue weighted by atomic mass is 35.5. The second kappa shape index (κ2) is 11.1. The lowest BCUT2D eigenvalue weighted by Gasteiger charge is -2.30. The van der Waals surface area contributed by atoms with E-state index >= 15 is 0 Å². The first-order valence-electron chi connectivity index (χ1n) is 12.1. The third kappa shape index (κ3) is 6.15. The summed E-state index contributed by atoms with van der Waals surface area (Å²) in [6.07, 6.45) is 6.92. The normalized spacial score (nSPS) is 15.6. The molecular weight excluding hydrogens is 498 g/mol. The van der Waals surface area contributed by atoms with Crippen LogP contribution in [0.2, 0.25) is 5.02 Å². The van der Waals surface area contributed by atoms with Crippen molar-refractivity contribution in [3.63, 3.8) is 0 Å². The van der Waals surface area contributed by atoms with Crippen molar-refractivity contribution in [3.05, 3.63) is 64.7 Å². The smallest absolute Gasteiger partial charge is 0.257 e. The molecule has 192 valence electrons. The lowest BCUT2D eigenvalue weighted by molar-refractivity contribution is 0.0254. The highest BCUT2D eigenvalue weighted by Crippen LogP contribution is 2.32. The lowest BCUT2D eigenvalue weighted by Crippen LogP contribution is -2.42. The van der Waals surface area contributed by atoms with E-state index in [1.54, 1.807) is 29.3 Å². The molecule has 1 N–H and O–H groups in total. The summed E-state index contributed by atoms with van der Waals surface area (Å²) in [6, 6.07) is 6.42. The van der Waals surface area contributed by atoms with Crippen molar-refractivity contribution < 1.29 is 23.8 Å². The van der Waals surface area contributed by atoms with Crippen molar-refractivity contribution in [2.75, 3.05) is 31.6 Å². The fourth-order valence-corrected chi connectivity index (χ4v) is 4.10. The Labute approximate surface area is 218 Å². The summed E-state index contributed by atoms with van der Waals surface area (Å²) in [6.45, 7) is 4.50. The van der Waals surface area contributed by atoms with Crippen molar-refractivity contribution in [2.24, 2.45) is 0 Å². The van der Waals surface area contributed by atoms with Gasteiger partial charge in [-0.3, -0.25) is 14.6 Å². The minimum atomic E-state index is -0.407. The number of carbonyl (C=O) groups is 2. The Morgan fingerprint density at radius 2 is 1.78 bits per heavy atom. The number of ether oxygens (including phenoxy) is 3. The number of aryl methyl sites for hydroxylation is 1. The molecule has 0 bridgehead atoms. The van der Waals surface area contributed by atoms with Gasteiger partial charge in [0.2, 0.25) is 5.88 Å². The molecule has 0 unspecified atom stereocenters. The van der Waals surface area contributed by atoms with Crippen LogP contribution in [0.1, 0.15) is 45.7 Å². The number of pyridine rings is 1. The van der Waals surface area contributed by atoms with Crippen LogP contribution in [0, 0.1) is 6.92 Å². The van der Waals surface area contributed by atoms with Crippen LogP contribution in [0.25, 0.3) is 0 Å². The Morgan fingerprint density at radius 3 is 2.46 bits per heavy atom. The average molecular weight is 524 g/mol. The molecule has 2 amide bonds. The fraction of sp³-hybridized carbons (Fsp3) is 0.346. The van der Waals surface area contributed by atoms with E-state index in [9.17, 15) is 9.59 Å². The quantitative estimate of drug-likeness (QED) is 0.488. The highest BCUT2D eigenvalue weighted by molar-refractivity contribution is 6.32. The first-order valence-corrected chi connectivity index (χ1v) is 12.4. The van der Waals surface area contributed by atoms with Crippen LogP contribution < -0.4 is 14.8 Å². The summed E-state index contributed by atoms with van der Waals surface area (Å²) in [5.41, 5.74) is 1.43. The molecular formula is C26H26ClN5O5. The molecule has 2 fully saturated rings. The number of hydrogen-bond donors (Lipinski definition) is 1. The molecule has 0 radical (unpaired) electrons. The van der Waals surface area contributed by atoms with Crippen LogP contribution in [0.3, 0.4) is 0 Å². The van der Waals surface area contributed by atoms with Crippen LogP contribution >= 0.6 is 11.6 Å². The Bertz CT molecular complexity index is 1290. The zero-order valence-electron chi connectivity index (χ0n) is 20.3. The second-order valence-corrected chi connectivity index (χ2v) is 9.29. The minimum absolute atomic E-state index is 0.0450. The third-order valence-corrected chi connectivity index (χ3v) is 6.32. The number of rotatable bonds is 7. The number of nitrogens with one attached hydrogen (secondary N) is 1. The largest absolute Gasteiger partial charge is 0.490 e. The van der Waals surface area contributed by atoms with Gasteiger partial charge in [0.15, 0.2) is 5.82 Å². The van der Waals surface area contributed by atoms with Gasteiger partial charge < -0.3 is 24.4 Å². The number of benzene rings is 1. The van der Waals surface area contributed by atoms with Crippen molar-refractivity contribution in [1.29, 1.82) is 0 Å². The van der Waals surface area contributed by atoms with Gasteiger partial charge in [0.1, 0.15) is 22.6 Å². The van der Waals surface area contributed by atoms with Crippen LogP contribution in [0.15, 0.2) is 42.9 Å². The first-order chi connectivity index (χ1) is 17.9. The number of aromatic nitrogens is 3. The molecule has 2 aliphatic heterocycles. The molecule has 2 aliphatic rings. The van der Waals surface area contributed by atoms with Gasteiger partial charge in [0.05, 0.1) is 36.9 Å². The molecule has 11 heteroatoms. The number of anilines is 1. The fourth-order valence-electron chi connectivity index (χ4n) is 3.89. The summed E-state index contributed by atoms with van der Waals surface area (Å²) in [5.74, 6) is 0.681. The molecule has 4 heterocycles. The Kier molecular flexibility index (Phi) is 7.47. The maximum absolute atomic E-state index is 13.0. The molecule has 3 aromatic rings. The molecule has 10 nitrogen and oxygen atoms in total. The molecule has 1 aromatic carbocycles. The molecule has 2 aromatic heterocycles. The van der Waals surface area contributed by atoms with E-state index < -0.39 is 5.91 Å². The molecule has 5 rings (SSSR count). The monoisotopic (exact) mass is 523 g/mol. The second-order valence-electron chi connectivity index (χ2n) is 8.88. The van der Waals surface area contributed by atoms with Crippen molar-refractivity contribution >= 4 is 29.2 Å². The number of carbonyl (C=O) groups excluding carboxylic acids is 2. The summed E-state index contributed by atoms with van der Waals surface area (Å²) in [5, 5.41) is 2.92. The highest BCUT2D eigenvalue weighted by Gasteiger charge is 2.23. The van der Waals surface area contributed by atoms with Gasteiger partial charge in [-0.15, -0.1) is 0 Å². The maximum atomic E-state index is 13.0. The van der Waals surface area contributed by atoms with Crippen LogP contribution in [0.4, 0.5) is 5.82 Å². The van der Waals surface area contributed by atoms with Gasteiger partial charge in [0, 0.05) is 43.8 Å². The Balaban J connectivity index is 1.39. The van der Waals surface area contributed by atoms with E-state index in [4.69, 9.17) is 25.8 Å². The van der Waals surface area contributed by atoms with Gasteiger partial charge in [0.25, 0.3) is 11.8 Å². The average Bonchev–Trinajstić information content (AvgIpc) is 2.86. The van der Waals surface area contributed by atoms with Crippen LogP contribution in [-0.2, 0) is 4.74 Å². The Hall–Kier alpha value is -3.76. The zero-order valence-corrected chi connectivity index (χ0v) is 21.0. The predicted molar refractivity (Wildman–Crippen MR) is 135 cm³/mol. The van der Waals surface area contributed by atoms with Crippen molar-refractivity contribution in [1.82, 2.24) is 19.9 Å². The lowest BCUT2D eigenvalue weighted by atomic mass is 10.1. The topological polar surface area (TPSA) is 116 Å². The van der Waals surface area contributed by atoms with Gasteiger partial charge in [-0.05, 0) is 31.5 Å². The van der Waals surface area contributed by atoms with Crippen LogP contribution in [0.5, 0.6) is 17.4 Å². The Morgan fingerprint density at radius 1 is 1.00 bits per heavy atom. The summed E-state index contributed by atoms with van der Waals surface area (Å²) in [7, 11) is 0. The van der Waals surface area contributed by atoms with Crippen molar-refractivity contribution in [2.45, 2.75) is 32.3 Å². The molecule has 2 saturated heterocycles. The minimum Gasteiger partial charge on any atom is -0.490 e. The van der Waals surface area contributed by atoms with E-state index in [0.29, 0.717) is 41.7 Å². The maximum Gasteiger partial charge on any atom is 0.257 e. The summed E-state index contributed by atoms with van der Waals surface area (Å²) >= 11 is 6.41. The van der Waals surface area contributed by atoms with Crippen LogP contribution in [-0.4, -0.2) is 64.1 Å². The first kappa shape index (κ1) is 24.9.